The van der Waals surface area contributed by atoms with Crippen LogP contribution in [0, 0.1) is 11.8 Å². The van der Waals surface area contributed by atoms with Gasteiger partial charge in [-0.15, -0.1) is 0 Å². The van der Waals surface area contributed by atoms with Gasteiger partial charge in [-0.2, -0.15) is 0 Å². The summed E-state index contributed by atoms with van der Waals surface area (Å²) in [6.45, 7) is 13.9. The number of ether oxygens (including phenoxy) is 6. The molecule has 4 amide bonds. The van der Waals surface area contributed by atoms with Gasteiger partial charge in [0.1, 0.15) is 31.2 Å². The number of aromatic nitrogens is 2. The quantitative estimate of drug-likeness (QED) is 0.0461. The average molecular weight is 1150 g/mol. The first-order chi connectivity index (χ1) is 40.0. The van der Waals surface area contributed by atoms with E-state index in [-0.39, 0.29) is 86.8 Å². The zero-order valence-electron chi connectivity index (χ0n) is 48.9. The molecule has 9 rings (SSSR count). The van der Waals surface area contributed by atoms with Crippen molar-refractivity contribution >= 4 is 58.7 Å². The van der Waals surface area contributed by atoms with Crippen molar-refractivity contribution in [3.63, 3.8) is 0 Å². The van der Waals surface area contributed by atoms with Crippen molar-refractivity contribution in [3.8, 4) is 28.3 Å². The van der Waals surface area contributed by atoms with Crippen LogP contribution in [0.3, 0.4) is 0 Å². The molecule has 4 aromatic carbocycles. The summed E-state index contributed by atoms with van der Waals surface area (Å²) in [5, 5.41) is 6.30. The van der Waals surface area contributed by atoms with Gasteiger partial charge in [0.05, 0.1) is 35.1 Å². The van der Waals surface area contributed by atoms with Gasteiger partial charge in [-0.3, -0.25) is 14.4 Å². The van der Waals surface area contributed by atoms with Crippen molar-refractivity contribution in [1.29, 1.82) is 0 Å². The minimum atomic E-state index is -1.98. The van der Waals surface area contributed by atoms with Crippen LogP contribution in [0.4, 0.5) is 24.9 Å². The summed E-state index contributed by atoms with van der Waals surface area (Å²) in [7, 11) is 2.95. The summed E-state index contributed by atoms with van der Waals surface area (Å²) in [5.74, 6) is -2.42. The van der Waals surface area contributed by atoms with Crippen molar-refractivity contribution in [2.24, 2.45) is 11.8 Å². The van der Waals surface area contributed by atoms with E-state index < -0.39 is 65.0 Å². The maximum atomic E-state index is 14.3. The van der Waals surface area contributed by atoms with E-state index in [1.165, 1.54) is 23.9 Å². The number of anilines is 1. The summed E-state index contributed by atoms with van der Waals surface area (Å²) >= 11 is 0. The van der Waals surface area contributed by atoms with Crippen molar-refractivity contribution in [1.82, 2.24) is 24.7 Å². The number of hydrogen-bond acceptors (Lipinski definition) is 15. The molecule has 0 radical (unpaired) electrons. The van der Waals surface area contributed by atoms with E-state index in [1.807, 2.05) is 57.2 Å². The van der Waals surface area contributed by atoms with E-state index in [9.17, 15) is 38.4 Å². The van der Waals surface area contributed by atoms with E-state index in [1.54, 1.807) is 87.7 Å². The summed E-state index contributed by atoms with van der Waals surface area (Å²) in [5.41, 5.74) is 5.85. The Morgan fingerprint density at radius 2 is 1.48 bits per heavy atom. The highest BCUT2D eigenvalue weighted by Gasteiger charge is 2.51. The number of alkyl carbamates (subject to hydrolysis) is 1. The van der Waals surface area contributed by atoms with Crippen LogP contribution in [0.25, 0.3) is 33.4 Å². The highest BCUT2D eigenvalue weighted by Crippen LogP contribution is 2.45. The molecule has 2 aliphatic heterocycles. The van der Waals surface area contributed by atoms with Gasteiger partial charge in [0.25, 0.3) is 5.56 Å². The van der Waals surface area contributed by atoms with Gasteiger partial charge in [0.15, 0.2) is 5.78 Å². The number of benzene rings is 4. The van der Waals surface area contributed by atoms with E-state index in [0.717, 1.165) is 38.8 Å². The third-order valence-electron chi connectivity index (χ3n) is 15.5. The number of Topliss-reactive ketones (excluding diaryl/α,β-unsaturated/α-hetero) is 1. The van der Waals surface area contributed by atoms with Gasteiger partial charge < -0.3 is 53.4 Å². The molecule has 6 aromatic rings. The zero-order chi connectivity index (χ0) is 60.4. The number of aryl methyl sites for hydroxylation is 1. The Balaban J connectivity index is 0.753. The van der Waals surface area contributed by atoms with Crippen LogP contribution in [0.15, 0.2) is 102 Å². The number of nitrogens with zero attached hydrogens (tertiary/aromatic N) is 4. The Kier molecular flexibility index (Phi) is 17.3. The summed E-state index contributed by atoms with van der Waals surface area (Å²) < 4.78 is 35.3. The number of fused-ring (bicyclic) bond motifs is 8. The predicted molar refractivity (Wildman–Crippen MR) is 311 cm³/mol. The number of hydrogen-bond donors (Lipinski definition) is 2. The molecule has 3 atom stereocenters. The van der Waals surface area contributed by atoms with Crippen LogP contribution >= 0.6 is 0 Å². The molecule has 2 aromatic heterocycles. The first-order valence-electron chi connectivity index (χ1n) is 28.2. The Labute approximate surface area is 486 Å². The number of amides is 4. The fourth-order valence-electron chi connectivity index (χ4n) is 11.0. The molecule has 0 fully saturated rings. The van der Waals surface area contributed by atoms with Gasteiger partial charge in [0, 0.05) is 67.6 Å². The van der Waals surface area contributed by atoms with E-state index in [4.69, 9.17) is 33.4 Å². The molecule has 1 aliphatic carbocycles. The fourth-order valence-corrected chi connectivity index (χ4v) is 11.0. The van der Waals surface area contributed by atoms with Gasteiger partial charge in [-0.05, 0) is 109 Å². The van der Waals surface area contributed by atoms with Gasteiger partial charge in [0.2, 0.25) is 11.5 Å². The Morgan fingerprint density at radius 1 is 0.821 bits per heavy atom. The van der Waals surface area contributed by atoms with Crippen molar-refractivity contribution in [2.75, 3.05) is 39.1 Å². The van der Waals surface area contributed by atoms with Crippen LogP contribution in [-0.2, 0) is 69.8 Å². The van der Waals surface area contributed by atoms with Crippen LogP contribution in [-0.4, -0.2) is 107 Å². The Hall–Kier alpha value is -9.07. The zero-order valence-corrected chi connectivity index (χ0v) is 48.9. The molecule has 20 heteroatoms. The summed E-state index contributed by atoms with van der Waals surface area (Å²) in [6.07, 6.45) is -2.79. The smallest absolute Gasteiger partial charge is 0.457 e. The number of pyridine rings is 2. The number of nitrogens with one attached hydrogen (secondary N) is 2. The van der Waals surface area contributed by atoms with Crippen LogP contribution < -0.4 is 20.9 Å². The SMILES string of the molecule is CCc1c2c(nc3ccc(OC(=O)OC(C)(C)C)cc13)-c1cc3c(c(=O)n1C2)COC(=O)[C@@]3(CC)OC(=O)N(C)CCN(C)C(=O)OCc1ccc(NC(=O)[C@H](C)CC(=O)[C@@H](NC(=O)OCC2c3ccccc3-c3ccccc32)C(C)C)cc1. The number of rotatable bonds is 18. The third kappa shape index (κ3) is 12.3. The van der Waals surface area contributed by atoms with Crippen molar-refractivity contribution < 1.29 is 62.0 Å². The van der Waals surface area contributed by atoms with Crippen LogP contribution in [0.2, 0.25) is 0 Å². The average Bonchev–Trinajstić information content (AvgIpc) is 1.91. The van der Waals surface area contributed by atoms with E-state index in [0.29, 0.717) is 34.6 Å². The topological polar surface area (TPSA) is 240 Å². The molecular formula is C64H70N6O14. The van der Waals surface area contributed by atoms with Crippen molar-refractivity contribution in [3.05, 3.63) is 146 Å². The maximum absolute atomic E-state index is 14.3. The molecule has 440 valence electrons. The molecule has 4 heterocycles. The molecule has 0 saturated carbocycles. The minimum absolute atomic E-state index is 0.0132. The minimum Gasteiger partial charge on any atom is -0.457 e. The second-order valence-electron chi connectivity index (χ2n) is 22.8. The van der Waals surface area contributed by atoms with Crippen LogP contribution in [0.5, 0.6) is 5.75 Å². The molecule has 0 bridgehead atoms. The molecule has 3 aliphatic rings. The number of carbonyl (C=O) groups excluding carboxylic acids is 7. The second kappa shape index (κ2) is 24.4. The molecule has 0 saturated heterocycles. The number of esters is 1. The lowest BCUT2D eigenvalue weighted by molar-refractivity contribution is -0.173. The van der Waals surface area contributed by atoms with Gasteiger partial charge >= 0.3 is 30.4 Å². The summed E-state index contributed by atoms with van der Waals surface area (Å²) in [6, 6.07) is 28.5. The first-order valence-corrected chi connectivity index (χ1v) is 28.2. The number of carbonyl (C=O) groups is 7. The standard InChI is InChI=1S/C64H70N6O14/c1-11-41-46-30-40(82-62(78)84-63(6,7)8)25-26-51(46)66-55-47(41)32-70-52(55)31-50-49(57(70)73)35-79-58(74)64(50,12-2)83-61(77)69(10)28-27-68(9)60(76)81-33-38-21-23-39(24-22-38)65-56(72)37(5)29-53(71)54(36(3)4)67-59(75)80-34-48-44-19-15-13-17-42(44)43-18-14-16-20-45(43)48/h13-26,30-31,36-37,48,54H,11-12,27-29,32-35H2,1-10H3,(H,65,72)(H,67,75)/t37-,54+,64+/m1/s1. The third-order valence-corrected chi connectivity index (χ3v) is 15.5. The largest absolute Gasteiger partial charge is 0.514 e. The van der Waals surface area contributed by atoms with E-state index in [2.05, 4.69) is 22.8 Å². The number of cyclic esters (lactones) is 1. The maximum Gasteiger partial charge on any atom is 0.514 e. The first kappa shape index (κ1) is 59.5. The molecular weight excluding hydrogens is 1080 g/mol. The highest BCUT2D eigenvalue weighted by atomic mass is 16.7. The highest BCUT2D eigenvalue weighted by molar-refractivity contribution is 5.97. The Morgan fingerprint density at radius 3 is 2.11 bits per heavy atom. The molecule has 84 heavy (non-hydrogen) atoms. The molecule has 0 spiro atoms. The molecule has 0 unspecified atom stereocenters. The number of likely N-dealkylation sites (N-methyl/N-ethyl adjacent to an activating group) is 2. The summed E-state index contributed by atoms with van der Waals surface area (Å²) in [4.78, 5) is 115. The Bertz CT molecular complexity index is 3600. The van der Waals surface area contributed by atoms with Gasteiger partial charge in [-0.25, -0.2) is 29.0 Å². The van der Waals surface area contributed by atoms with E-state index >= 15 is 0 Å². The van der Waals surface area contributed by atoms with Gasteiger partial charge in [-0.1, -0.05) is 95.3 Å². The second-order valence-corrected chi connectivity index (χ2v) is 22.8. The normalized spacial score (nSPS) is 15.5. The monoisotopic (exact) mass is 1150 g/mol. The lowest BCUT2D eigenvalue weighted by Gasteiger charge is -2.36. The van der Waals surface area contributed by atoms with Crippen molar-refractivity contribution in [2.45, 2.75) is 118 Å². The predicted octanol–water partition coefficient (Wildman–Crippen LogP) is 10.4. The lowest BCUT2D eigenvalue weighted by Crippen LogP contribution is -2.49. The molecule has 20 nitrogen and oxygen atoms in total. The number of ketones is 1. The fraction of sp³-hybridized carbons (Fsp3) is 0.391. The lowest BCUT2D eigenvalue weighted by atomic mass is 9.85. The molecule has 2 N–H and O–H groups in total. The van der Waals surface area contributed by atoms with Crippen LogP contribution in [0.1, 0.15) is 113 Å².